The zero-order valence-electron chi connectivity index (χ0n) is 6.31. The number of nitrogens with zero attached hydrogens (tertiary/aromatic N) is 2. The molecule has 0 N–H and O–H groups in total. The summed E-state index contributed by atoms with van der Waals surface area (Å²) in [5.74, 6) is 1.10. The summed E-state index contributed by atoms with van der Waals surface area (Å²) in [6.45, 7) is 4.05. The Labute approximate surface area is 79.1 Å². The highest BCUT2D eigenvalue weighted by molar-refractivity contribution is 9.10. The van der Waals surface area contributed by atoms with E-state index in [1.54, 1.807) is 6.20 Å². The van der Waals surface area contributed by atoms with Gasteiger partial charge in [0.25, 0.3) is 0 Å². The van der Waals surface area contributed by atoms with E-state index in [-0.39, 0.29) is 0 Å². The van der Waals surface area contributed by atoms with Crippen molar-refractivity contribution in [3.05, 3.63) is 21.6 Å². The molecule has 0 unspecified atom stereocenters. The van der Waals surface area contributed by atoms with Gasteiger partial charge in [-0.05, 0) is 15.9 Å². The van der Waals surface area contributed by atoms with E-state index >= 15 is 0 Å². The first-order valence-corrected chi connectivity index (χ1v) is 4.46. The third kappa shape index (κ3) is 2.14. The van der Waals surface area contributed by atoms with Crippen LogP contribution in [0.1, 0.15) is 25.6 Å². The van der Waals surface area contributed by atoms with Crippen LogP contribution in [0, 0.1) is 0 Å². The van der Waals surface area contributed by atoms with Gasteiger partial charge in [0.05, 0.1) is 4.47 Å². The maximum absolute atomic E-state index is 5.76. The van der Waals surface area contributed by atoms with Crippen molar-refractivity contribution in [1.82, 2.24) is 9.97 Å². The van der Waals surface area contributed by atoms with Crippen LogP contribution in [0.25, 0.3) is 0 Å². The molecule has 0 atom stereocenters. The first kappa shape index (κ1) is 8.94. The third-order valence-electron chi connectivity index (χ3n) is 1.24. The highest BCUT2D eigenvalue weighted by Crippen LogP contribution is 2.20. The van der Waals surface area contributed by atoms with Crippen LogP contribution >= 0.6 is 27.5 Å². The molecule has 0 aliphatic carbocycles. The van der Waals surface area contributed by atoms with Gasteiger partial charge in [-0.15, -0.1) is 0 Å². The topological polar surface area (TPSA) is 25.8 Å². The minimum atomic E-state index is 0.320. The molecule has 1 heterocycles. The van der Waals surface area contributed by atoms with Gasteiger partial charge in [0.1, 0.15) is 11.0 Å². The SMILES string of the molecule is CC(C)c1ncc(Br)c(Cl)n1. The van der Waals surface area contributed by atoms with Crippen LogP contribution < -0.4 is 0 Å². The van der Waals surface area contributed by atoms with E-state index in [1.165, 1.54) is 0 Å². The van der Waals surface area contributed by atoms with Gasteiger partial charge in [-0.2, -0.15) is 0 Å². The van der Waals surface area contributed by atoms with Crippen LogP contribution in [0.4, 0.5) is 0 Å². The second-order valence-corrected chi connectivity index (χ2v) is 3.73. The van der Waals surface area contributed by atoms with Crippen molar-refractivity contribution in [3.63, 3.8) is 0 Å². The summed E-state index contributed by atoms with van der Waals surface area (Å²) in [5, 5.41) is 0.476. The zero-order valence-corrected chi connectivity index (χ0v) is 8.65. The monoisotopic (exact) mass is 234 g/mol. The number of hydrogen-bond donors (Lipinski definition) is 0. The van der Waals surface area contributed by atoms with E-state index in [4.69, 9.17) is 11.6 Å². The average molecular weight is 236 g/mol. The molecule has 1 aromatic heterocycles. The molecule has 0 aliphatic rings. The minimum absolute atomic E-state index is 0.320. The molecule has 0 radical (unpaired) electrons. The maximum atomic E-state index is 5.76. The lowest BCUT2D eigenvalue weighted by molar-refractivity contribution is 0.772. The van der Waals surface area contributed by atoms with Crippen molar-refractivity contribution in [2.24, 2.45) is 0 Å². The van der Waals surface area contributed by atoms with Gasteiger partial charge in [-0.3, -0.25) is 0 Å². The van der Waals surface area contributed by atoms with Crippen molar-refractivity contribution in [3.8, 4) is 0 Å². The van der Waals surface area contributed by atoms with Gasteiger partial charge >= 0.3 is 0 Å². The number of aromatic nitrogens is 2. The van der Waals surface area contributed by atoms with Gasteiger partial charge in [0.2, 0.25) is 0 Å². The molecular formula is C7H8BrClN2. The Balaban J connectivity index is 3.05. The highest BCUT2D eigenvalue weighted by Gasteiger charge is 2.04. The Hall–Kier alpha value is -0.150. The Morgan fingerprint density at radius 3 is 2.64 bits per heavy atom. The van der Waals surface area contributed by atoms with Crippen LogP contribution in [0.5, 0.6) is 0 Å². The summed E-state index contributed by atoms with van der Waals surface area (Å²) >= 11 is 8.98. The summed E-state index contributed by atoms with van der Waals surface area (Å²) in [5.41, 5.74) is 0. The predicted octanol–water partition coefficient (Wildman–Crippen LogP) is 3.02. The average Bonchev–Trinajstić information content (AvgIpc) is 1.94. The Morgan fingerprint density at radius 2 is 2.18 bits per heavy atom. The molecule has 0 fully saturated rings. The fourth-order valence-corrected chi connectivity index (χ4v) is 0.964. The largest absolute Gasteiger partial charge is 0.240 e. The van der Waals surface area contributed by atoms with E-state index in [0.29, 0.717) is 11.1 Å². The molecule has 0 bridgehead atoms. The van der Waals surface area contributed by atoms with Crippen LogP contribution in [-0.2, 0) is 0 Å². The van der Waals surface area contributed by atoms with Crippen molar-refractivity contribution in [2.75, 3.05) is 0 Å². The first-order chi connectivity index (χ1) is 5.11. The molecule has 0 saturated heterocycles. The number of hydrogen-bond acceptors (Lipinski definition) is 2. The molecule has 1 aromatic rings. The molecule has 0 saturated carbocycles. The maximum Gasteiger partial charge on any atom is 0.146 e. The first-order valence-electron chi connectivity index (χ1n) is 3.29. The van der Waals surface area contributed by atoms with Gasteiger partial charge in [0, 0.05) is 12.1 Å². The highest BCUT2D eigenvalue weighted by atomic mass is 79.9. The summed E-state index contributed by atoms with van der Waals surface area (Å²) in [4.78, 5) is 8.18. The van der Waals surface area contributed by atoms with Crippen LogP contribution in [0.15, 0.2) is 10.7 Å². The molecule has 1 rings (SSSR count). The molecule has 0 amide bonds. The standard InChI is InChI=1S/C7H8BrClN2/c1-4(2)7-10-3-5(8)6(9)11-7/h3-4H,1-2H3. The van der Waals surface area contributed by atoms with Gasteiger partial charge in [0.15, 0.2) is 0 Å². The van der Waals surface area contributed by atoms with Crippen LogP contribution in [0.2, 0.25) is 5.15 Å². The lowest BCUT2D eigenvalue weighted by Crippen LogP contribution is -1.96. The lowest BCUT2D eigenvalue weighted by Gasteiger charge is -2.02. The molecule has 2 nitrogen and oxygen atoms in total. The number of halogens is 2. The molecule has 60 valence electrons. The zero-order chi connectivity index (χ0) is 8.43. The van der Waals surface area contributed by atoms with Crippen molar-refractivity contribution in [1.29, 1.82) is 0 Å². The minimum Gasteiger partial charge on any atom is -0.240 e. The fourth-order valence-electron chi connectivity index (χ4n) is 0.637. The van der Waals surface area contributed by atoms with Crippen molar-refractivity contribution < 1.29 is 0 Å². The molecule has 0 spiro atoms. The van der Waals surface area contributed by atoms with E-state index < -0.39 is 0 Å². The predicted molar refractivity (Wildman–Crippen MR) is 48.8 cm³/mol. The van der Waals surface area contributed by atoms with E-state index in [2.05, 4.69) is 25.9 Å². The lowest BCUT2D eigenvalue weighted by atomic mass is 10.2. The third-order valence-corrected chi connectivity index (χ3v) is 2.33. The van der Waals surface area contributed by atoms with Gasteiger partial charge in [-0.1, -0.05) is 25.4 Å². The summed E-state index contributed by atoms with van der Waals surface area (Å²) < 4.78 is 0.739. The summed E-state index contributed by atoms with van der Waals surface area (Å²) in [6.07, 6.45) is 1.67. The summed E-state index contributed by atoms with van der Waals surface area (Å²) in [6, 6.07) is 0. The smallest absolute Gasteiger partial charge is 0.146 e. The van der Waals surface area contributed by atoms with Crippen LogP contribution in [0.3, 0.4) is 0 Å². The van der Waals surface area contributed by atoms with E-state index in [1.807, 2.05) is 13.8 Å². The number of rotatable bonds is 1. The second-order valence-electron chi connectivity index (χ2n) is 2.52. The Kier molecular flexibility index (Phi) is 2.84. The van der Waals surface area contributed by atoms with E-state index in [0.717, 1.165) is 10.3 Å². The van der Waals surface area contributed by atoms with E-state index in [9.17, 15) is 0 Å². The second kappa shape index (κ2) is 3.50. The quantitative estimate of drug-likeness (QED) is 0.699. The molecule has 0 aromatic carbocycles. The summed E-state index contributed by atoms with van der Waals surface area (Å²) in [7, 11) is 0. The fraction of sp³-hybridized carbons (Fsp3) is 0.429. The van der Waals surface area contributed by atoms with Crippen molar-refractivity contribution >= 4 is 27.5 Å². The molecule has 4 heteroatoms. The normalized spacial score (nSPS) is 10.6. The molecular weight excluding hydrogens is 227 g/mol. The van der Waals surface area contributed by atoms with Gasteiger partial charge in [-0.25, -0.2) is 9.97 Å². The van der Waals surface area contributed by atoms with Crippen molar-refractivity contribution in [2.45, 2.75) is 19.8 Å². The molecule has 11 heavy (non-hydrogen) atoms. The molecule has 0 aliphatic heterocycles. The Bertz CT molecular complexity index is 263. The Morgan fingerprint density at radius 1 is 1.55 bits per heavy atom. The van der Waals surface area contributed by atoms with Gasteiger partial charge < -0.3 is 0 Å². The van der Waals surface area contributed by atoms with Crippen LogP contribution in [-0.4, -0.2) is 9.97 Å².